The molecule has 11 aromatic rings. The Morgan fingerprint density at radius 3 is 1.98 bits per heavy atom. The van der Waals surface area contributed by atoms with Gasteiger partial charge in [0.1, 0.15) is 11.3 Å². The number of pyridine rings is 1. The number of hydrogen-bond acceptors (Lipinski definition) is 4. The van der Waals surface area contributed by atoms with Crippen LogP contribution in [-0.2, 0) is 20.1 Å². The fourth-order valence-corrected chi connectivity index (χ4v) is 8.36. The van der Waals surface area contributed by atoms with E-state index < -0.39 is 0 Å². The molecule has 0 saturated carbocycles. The van der Waals surface area contributed by atoms with Crippen LogP contribution >= 0.6 is 0 Å². The van der Waals surface area contributed by atoms with Crippen LogP contribution in [0.1, 0.15) is 50.7 Å². The van der Waals surface area contributed by atoms with Crippen molar-refractivity contribution in [1.82, 2.24) is 14.5 Å². The van der Waals surface area contributed by atoms with Gasteiger partial charge in [0.15, 0.2) is 0 Å². The molecule has 1 radical (unpaired) electrons. The molecule has 62 heavy (non-hydrogen) atoms. The van der Waals surface area contributed by atoms with Crippen molar-refractivity contribution in [2.45, 2.75) is 39.5 Å². The summed E-state index contributed by atoms with van der Waals surface area (Å²) in [5.74, 6) is 2.18. The van der Waals surface area contributed by atoms with Crippen molar-refractivity contribution < 1.29 is 28.9 Å². The molecule has 5 nitrogen and oxygen atoms in total. The second-order valence-electron chi connectivity index (χ2n) is 15.9. The second-order valence-corrected chi connectivity index (χ2v) is 15.9. The minimum absolute atomic E-state index is 0. The largest absolute Gasteiger partial charge is 0.500 e. The summed E-state index contributed by atoms with van der Waals surface area (Å²) in [6, 6.07) is 64.9. The first kappa shape index (κ1) is 40.5. The maximum atomic E-state index is 6.94. The monoisotopic (exact) mass is 982 g/mol. The number of aromatic nitrogens is 3. The molecule has 0 unspecified atom stereocenters. The molecule has 0 saturated heterocycles. The van der Waals surface area contributed by atoms with Gasteiger partial charge in [-0.3, -0.25) is 4.98 Å². The van der Waals surface area contributed by atoms with Crippen molar-refractivity contribution in [2.24, 2.45) is 0 Å². The van der Waals surface area contributed by atoms with Crippen molar-refractivity contribution in [1.29, 1.82) is 0 Å². The van der Waals surface area contributed by atoms with Crippen LogP contribution < -0.4 is 0 Å². The fraction of sp³-hybridized carbons (Fsp3) is 0.107. The van der Waals surface area contributed by atoms with E-state index in [-0.39, 0.29) is 20.1 Å². The standard InChI is InChI=1S/C45H35N2O2.C11H8N.Ir/c1-27(2)32-18-13-19-33(28(3)4)43(32)47-38-21-12-11-20-37(38)46-45(47)36-26-41-35(25-39(48-41)30-16-9-6-10-17-30)42-34-23-22-31(24-40(34)49-44(36)42)29-14-7-5-8-15-29;1-2-6-10(7-3-1)11-8-4-5-9-12-11;/h5-25,27-28H,1-4H3;1-6,8-9H;/q2*-1;. The number of para-hydroxylation sites is 3. The molecule has 0 N–H and O–H groups in total. The number of imidazole rings is 1. The van der Waals surface area contributed by atoms with Crippen LogP contribution in [0, 0.1) is 12.1 Å². The van der Waals surface area contributed by atoms with Gasteiger partial charge in [-0.2, -0.15) is 0 Å². The minimum atomic E-state index is 0. The molecular formula is C56H43IrN3O2-2. The first-order valence-electron chi connectivity index (χ1n) is 20.9. The Balaban J connectivity index is 0.000000325. The molecule has 0 aliphatic carbocycles. The van der Waals surface area contributed by atoms with E-state index >= 15 is 0 Å². The zero-order valence-electron chi connectivity index (χ0n) is 34.9. The summed E-state index contributed by atoms with van der Waals surface area (Å²) < 4.78 is 15.9. The fourth-order valence-electron chi connectivity index (χ4n) is 8.36. The van der Waals surface area contributed by atoms with Gasteiger partial charge in [-0.05, 0) is 80.9 Å². The van der Waals surface area contributed by atoms with Crippen LogP contribution in [0.5, 0.6) is 0 Å². The molecule has 0 bridgehead atoms. The smallest absolute Gasteiger partial charge is 0.123 e. The molecule has 305 valence electrons. The predicted octanol–water partition coefficient (Wildman–Crippen LogP) is 15.3. The van der Waals surface area contributed by atoms with Crippen LogP contribution in [0.4, 0.5) is 0 Å². The zero-order chi connectivity index (χ0) is 41.5. The number of rotatable bonds is 7. The van der Waals surface area contributed by atoms with E-state index in [9.17, 15) is 0 Å². The van der Waals surface area contributed by atoms with Gasteiger partial charge in [0.25, 0.3) is 0 Å². The van der Waals surface area contributed by atoms with Crippen LogP contribution in [-0.4, -0.2) is 14.5 Å². The Morgan fingerprint density at radius 1 is 0.597 bits per heavy atom. The summed E-state index contributed by atoms with van der Waals surface area (Å²) in [6.07, 6.45) is 1.79. The Labute approximate surface area is 375 Å². The number of nitrogens with zero attached hydrogens (tertiary/aromatic N) is 3. The average molecular weight is 982 g/mol. The first-order valence-corrected chi connectivity index (χ1v) is 20.9. The quantitative estimate of drug-likeness (QED) is 0.149. The van der Waals surface area contributed by atoms with Crippen molar-refractivity contribution in [2.75, 3.05) is 0 Å². The van der Waals surface area contributed by atoms with Gasteiger partial charge in [0, 0.05) is 42.9 Å². The van der Waals surface area contributed by atoms with E-state index in [1.54, 1.807) is 6.20 Å². The third kappa shape index (κ3) is 7.47. The minimum Gasteiger partial charge on any atom is -0.500 e. The van der Waals surface area contributed by atoms with Crippen molar-refractivity contribution in [3.63, 3.8) is 0 Å². The van der Waals surface area contributed by atoms with Gasteiger partial charge in [-0.1, -0.05) is 155 Å². The van der Waals surface area contributed by atoms with E-state index in [1.165, 1.54) is 16.8 Å². The molecule has 0 fully saturated rings. The zero-order valence-corrected chi connectivity index (χ0v) is 37.3. The molecule has 0 spiro atoms. The van der Waals surface area contributed by atoms with Crippen LogP contribution in [0.25, 0.3) is 94.7 Å². The van der Waals surface area contributed by atoms with Gasteiger partial charge < -0.3 is 18.4 Å². The van der Waals surface area contributed by atoms with Crippen LogP contribution in [0.15, 0.2) is 185 Å². The SMILES string of the molecule is CC(C)c1cccc(C(C)C)c1-n1c(-c2[c-]c3oc(-c4ccccc4)cc3c3c2oc2cc(-c4ccccc4)ccc23)nc2ccccc21.[Ir].[c-]1ccccc1-c1ccccn1. The molecular weight excluding hydrogens is 939 g/mol. The number of hydrogen-bond donors (Lipinski definition) is 0. The van der Waals surface area contributed by atoms with Gasteiger partial charge >= 0.3 is 0 Å². The number of benzene rings is 7. The molecule has 11 rings (SSSR count). The van der Waals surface area contributed by atoms with Crippen LogP contribution in [0.3, 0.4) is 0 Å². The van der Waals surface area contributed by atoms with Gasteiger partial charge in [-0.15, -0.1) is 35.9 Å². The van der Waals surface area contributed by atoms with Crippen LogP contribution in [0.2, 0.25) is 0 Å². The Hall–Kier alpha value is -6.85. The maximum Gasteiger partial charge on any atom is 0.123 e. The Bertz CT molecular complexity index is 3230. The van der Waals surface area contributed by atoms with Crippen molar-refractivity contribution in [3.8, 4) is 50.8 Å². The molecule has 6 heteroatoms. The summed E-state index contributed by atoms with van der Waals surface area (Å²) in [5.41, 5.74) is 14.0. The molecule has 0 aliphatic heterocycles. The molecule has 0 atom stereocenters. The van der Waals surface area contributed by atoms with Gasteiger partial charge in [0.2, 0.25) is 0 Å². The van der Waals surface area contributed by atoms with Gasteiger partial charge in [0.05, 0.1) is 28.0 Å². The summed E-state index contributed by atoms with van der Waals surface area (Å²) in [7, 11) is 0. The van der Waals surface area contributed by atoms with Crippen molar-refractivity contribution in [3.05, 3.63) is 199 Å². The van der Waals surface area contributed by atoms with E-state index in [0.717, 1.165) is 83.5 Å². The second kappa shape index (κ2) is 17.3. The molecule has 4 aromatic heterocycles. The maximum absolute atomic E-state index is 6.94. The Morgan fingerprint density at radius 2 is 1.29 bits per heavy atom. The molecule has 0 aliphatic rings. The predicted molar refractivity (Wildman–Crippen MR) is 250 cm³/mol. The van der Waals surface area contributed by atoms with E-state index in [0.29, 0.717) is 17.4 Å². The Kier molecular flexibility index (Phi) is 11.3. The molecule has 7 aromatic carbocycles. The third-order valence-electron chi connectivity index (χ3n) is 11.3. The van der Waals surface area contributed by atoms with Gasteiger partial charge in [-0.25, -0.2) is 0 Å². The van der Waals surface area contributed by atoms with Crippen molar-refractivity contribution >= 4 is 43.9 Å². The molecule has 4 heterocycles. The normalized spacial score (nSPS) is 11.4. The number of fused-ring (bicyclic) bond motifs is 6. The van der Waals surface area contributed by atoms with E-state index in [2.05, 4.69) is 153 Å². The molecule has 0 amide bonds. The first-order chi connectivity index (χ1) is 29.9. The van der Waals surface area contributed by atoms with E-state index in [1.807, 2.05) is 66.7 Å². The average Bonchev–Trinajstić information content (AvgIpc) is 4.03. The number of furan rings is 2. The summed E-state index contributed by atoms with van der Waals surface area (Å²) >= 11 is 0. The third-order valence-corrected chi connectivity index (χ3v) is 11.3. The topological polar surface area (TPSA) is 57.0 Å². The van der Waals surface area contributed by atoms with E-state index in [4.69, 9.17) is 13.8 Å². The summed E-state index contributed by atoms with van der Waals surface area (Å²) in [6.45, 7) is 9.04. The summed E-state index contributed by atoms with van der Waals surface area (Å²) in [5, 5.41) is 3.00. The summed E-state index contributed by atoms with van der Waals surface area (Å²) in [4.78, 5) is 9.57.